The molecule has 0 unspecified atom stereocenters. The Kier molecular flexibility index (Phi) is 3.78. The molecule has 0 aliphatic carbocycles. The highest BCUT2D eigenvalue weighted by molar-refractivity contribution is 7.98. The normalized spacial score (nSPS) is 10.3. The van der Waals surface area contributed by atoms with Crippen LogP contribution in [0.2, 0.25) is 0 Å². The smallest absolute Gasteiger partial charge is 0.339 e. The molecule has 0 radical (unpaired) electrons. The summed E-state index contributed by atoms with van der Waals surface area (Å²) in [5, 5.41) is 8.11. The van der Waals surface area contributed by atoms with Gasteiger partial charge in [0.15, 0.2) is 0 Å². The molecule has 2 aromatic rings. The number of methoxy groups -OCH3 is 1. The summed E-state index contributed by atoms with van der Waals surface area (Å²) in [6.45, 7) is 0. The first-order chi connectivity index (χ1) is 8.70. The van der Waals surface area contributed by atoms with Gasteiger partial charge in [-0.15, -0.1) is 10.2 Å². The van der Waals surface area contributed by atoms with Crippen molar-refractivity contribution >= 4 is 17.7 Å². The number of esters is 1. The number of nitrogens with zero attached hydrogens (tertiary/aromatic N) is 4. The van der Waals surface area contributed by atoms with E-state index in [1.807, 2.05) is 0 Å². The number of ether oxygens (including phenoxy) is 1. The Morgan fingerprint density at radius 3 is 2.94 bits per heavy atom. The van der Waals surface area contributed by atoms with E-state index in [1.54, 1.807) is 12.1 Å². The van der Waals surface area contributed by atoms with Crippen LogP contribution in [-0.2, 0) is 10.5 Å². The fourth-order valence-electron chi connectivity index (χ4n) is 1.22. The van der Waals surface area contributed by atoms with E-state index in [9.17, 15) is 4.79 Å². The molecule has 0 aromatic carbocycles. The molecule has 2 N–H and O–H groups in total. The second-order valence-electron chi connectivity index (χ2n) is 3.34. The van der Waals surface area contributed by atoms with Crippen LogP contribution >= 0.6 is 11.8 Å². The second kappa shape index (κ2) is 5.50. The van der Waals surface area contributed by atoms with Gasteiger partial charge in [-0.05, 0) is 12.1 Å². The number of aromatic nitrogens is 4. The van der Waals surface area contributed by atoms with Crippen molar-refractivity contribution in [1.29, 1.82) is 0 Å². The van der Waals surface area contributed by atoms with Gasteiger partial charge in [0.1, 0.15) is 6.33 Å². The number of nitrogens with two attached hydrogens (primary N) is 1. The number of hydrogen-bond donors (Lipinski definition) is 1. The third-order valence-electron chi connectivity index (χ3n) is 2.14. The van der Waals surface area contributed by atoms with Crippen molar-refractivity contribution in [2.45, 2.75) is 10.9 Å². The molecule has 0 spiro atoms. The van der Waals surface area contributed by atoms with Gasteiger partial charge >= 0.3 is 5.97 Å². The third-order valence-corrected chi connectivity index (χ3v) is 3.13. The molecule has 2 heterocycles. The van der Waals surface area contributed by atoms with Gasteiger partial charge in [0.25, 0.3) is 0 Å². The minimum atomic E-state index is -0.400. The number of carbonyl (C=O) groups is 1. The maximum absolute atomic E-state index is 11.2. The van der Waals surface area contributed by atoms with E-state index >= 15 is 0 Å². The van der Waals surface area contributed by atoms with Crippen molar-refractivity contribution in [3.05, 3.63) is 35.9 Å². The maximum Gasteiger partial charge on any atom is 0.339 e. The van der Waals surface area contributed by atoms with Gasteiger partial charge in [0, 0.05) is 11.9 Å². The van der Waals surface area contributed by atoms with Crippen molar-refractivity contribution in [3.63, 3.8) is 0 Å². The first-order valence-electron chi connectivity index (χ1n) is 5.02. The molecule has 0 amide bonds. The number of hydrogen-bond acceptors (Lipinski definition) is 7. The highest BCUT2D eigenvalue weighted by Gasteiger charge is 2.07. The van der Waals surface area contributed by atoms with Crippen LogP contribution in [0, 0.1) is 0 Å². The van der Waals surface area contributed by atoms with Crippen molar-refractivity contribution in [1.82, 2.24) is 19.9 Å². The first kappa shape index (κ1) is 12.4. The van der Waals surface area contributed by atoms with Gasteiger partial charge in [0.2, 0.25) is 5.16 Å². The topological polar surface area (TPSA) is 95.9 Å². The van der Waals surface area contributed by atoms with Crippen LogP contribution in [0.25, 0.3) is 0 Å². The van der Waals surface area contributed by atoms with Crippen LogP contribution in [0.1, 0.15) is 16.1 Å². The maximum atomic E-state index is 11.2. The standard InChI is InChI=1S/C10H11N5O2S/c1-17-9(16)7-2-3-8(12-4-7)5-18-10-14-13-6-15(10)11/h2-4,6H,5,11H2,1H3. The SMILES string of the molecule is COC(=O)c1ccc(CSc2nncn2N)nc1. The minimum absolute atomic E-state index is 0.400. The zero-order valence-electron chi connectivity index (χ0n) is 9.61. The monoisotopic (exact) mass is 265 g/mol. The van der Waals surface area contributed by atoms with E-state index < -0.39 is 5.97 Å². The highest BCUT2D eigenvalue weighted by Crippen LogP contribution is 2.18. The van der Waals surface area contributed by atoms with Crippen molar-refractivity contribution in [2.24, 2.45) is 0 Å². The molecule has 94 valence electrons. The summed E-state index contributed by atoms with van der Waals surface area (Å²) in [7, 11) is 1.33. The Morgan fingerprint density at radius 1 is 1.56 bits per heavy atom. The number of thioether (sulfide) groups is 1. The van der Waals surface area contributed by atoms with Gasteiger partial charge in [-0.2, -0.15) is 0 Å². The Bertz CT molecular complexity index is 539. The second-order valence-corrected chi connectivity index (χ2v) is 4.28. The molecule has 0 aliphatic heterocycles. The summed E-state index contributed by atoms with van der Waals surface area (Å²) in [4.78, 5) is 15.4. The largest absolute Gasteiger partial charge is 0.465 e. The summed E-state index contributed by atoms with van der Waals surface area (Å²) in [6.07, 6.45) is 2.91. The molecule has 0 saturated carbocycles. The van der Waals surface area contributed by atoms with Crippen LogP contribution < -0.4 is 5.84 Å². The quantitative estimate of drug-likeness (QED) is 0.487. The van der Waals surface area contributed by atoms with Gasteiger partial charge in [-0.1, -0.05) is 11.8 Å². The molecule has 0 atom stereocenters. The van der Waals surface area contributed by atoms with Crippen LogP contribution in [0.4, 0.5) is 0 Å². The summed E-state index contributed by atoms with van der Waals surface area (Å²) in [5.41, 5.74) is 1.24. The lowest BCUT2D eigenvalue weighted by atomic mass is 10.2. The van der Waals surface area contributed by atoms with Gasteiger partial charge in [0.05, 0.1) is 18.4 Å². The summed E-state index contributed by atoms with van der Waals surface area (Å²) in [6, 6.07) is 3.43. The predicted molar refractivity (Wildman–Crippen MR) is 65.3 cm³/mol. The number of nitrogen functional groups attached to an aromatic ring is 1. The average molecular weight is 265 g/mol. The fourth-order valence-corrected chi connectivity index (χ4v) is 1.97. The molecule has 0 aliphatic rings. The summed E-state index contributed by atoms with van der Waals surface area (Å²) in [5.74, 6) is 5.77. The molecular weight excluding hydrogens is 254 g/mol. The number of carbonyl (C=O) groups excluding carboxylic acids is 1. The number of pyridine rings is 1. The minimum Gasteiger partial charge on any atom is -0.465 e. The lowest BCUT2D eigenvalue weighted by Crippen LogP contribution is -2.07. The van der Waals surface area contributed by atoms with Gasteiger partial charge in [-0.25, -0.2) is 9.47 Å². The molecule has 8 heteroatoms. The molecule has 0 fully saturated rings. The van der Waals surface area contributed by atoms with E-state index in [0.29, 0.717) is 16.5 Å². The zero-order chi connectivity index (χ0) is 13.0. The van der Waals surface area contributed by atoms with Crippen molar-refractivity contribution in [2.75, 3.05) is 13.0 Å². The van der Waals surface area contributed by atoms with E-state index in [1.165, 1.54) is 36.1 Å². The molecule has 18 heavy (non-hydrogen) atoms. The lowest BCUT2D eigenvalue weighted by Gasteiger charge is -2.02. The van der Waals surface area contributed by atoms with E-state index in [2.05, 4.69) is 19.9 Å². The number of rotatable bonds is 4. The predicted octanol–water partition coefficient (Wildman–Crippen LogP) is 0.466. The van der Waals surface area contributed by atoms with E-state index in [-0.39, 0.29) is 0 Å². The van der Waals surface area contributed by atoms with E-state index in [4.69, 9.17) is 5.84 Å². The van der Waals surface area contributed by atoms with Crippen LogP contribution in [-0.4, -0.2) is 32.9 Å². The van der Waals surface area contributed by atoms with Crippen LogP contribution in [0.3, 0.4) is 0 Å². The lowest BCUT2D eigenvalue weighted by molar-refractivity contribution is 0.0600. The summed E-state index contributed by atoms with van der Waals surface area (Å²) < 4.78 is 5.93. The first-order valence-corrected chi connectivity index (χ1v) is 6.00. The Hall–Kier alpha value is -2.09. The van der Waals surface area contributed by atoms with E-state index in [0.717, 1.165) is 5.69 Å². The Morgan fingerprint density at radius 2 is 2.39 bits per heavy atom. The molecular formula is C10H11N5O2S. The molecule has 0 bridgehead atoms. The zero-order valence-corrected chi connectivity index (χ0v) is 10.4. The summed E-state index contributed by atoms with van der Waals surface area (Å²) >= 11 is 1.41. The van der Waals surface area contributed by atoms with Crippen LogP contribution in [0.15, 0.2) is 29.8 Å². The molecule has 7 nitrogen and oxygen atoms in total. The Balaban J connectivity index is 1.98. The molecule has 2 aromatic heterocycles. The van der Waals surface area contributed by atoms with Gasteiger partial charge in [-0.3, -0.25) is 4.98 Å². The average Bonchev–Trinajstić information content (AvgIpc) is 2.81. The van der Waals surface area contributed by atoms with Gasteiger partial charge < -0.3 is 10.6 Å². The fraction of sp³-hybridized carbons (Fsp3) is 0.200. The third kappa shape index (κ3) is 2.77. The van der Waals surface area contributed by atoms with Crippen molar-refractivity contribution < 1.29 is 9.53 Å². The molecule has 2 rings (SSSR count). The Labute approximate surface area is 107 Å². The van der Waals surface area contributed by atoms with Crippen LogP contribution in [0.5, 0.6) is 0 Å². The molecule has 0 saturated heterocycles. The van der Waals surface area contributed by atoms with Crippen molar-refractivity contribution in [3.8, 4) is 0 Å². The highest BCUT2D eigenvalue weighted by atomic mass is 32.2.